The summed E-state index contributed by atoms with van der Waals surface area (Å²) in [7, 11) is 0. The molecule has 3 aliphatic rings. The molecule has 242 valence electrons. The number of hydrogen-bond donors (Lipinski definition) is 0. The Morgan fingerprint density at radius 1 is 0.480 bits per heavy atom. The third-order valence-corrected chi connectivity index (χ3v) is 10.5. The maximum absolute atomic E-state index is 2.45. The fourth-order valence-electron chi connectivity index (χ4n) is 7.86. The molecule has 0 amide bonds. The average Bonchev–Trinajstić information content (AvgIpc) is 3.54. The Labute approximate surface area is 295 Å². The standard InChI is InChI=1S/C48H40N2/c1-3-11-35(12-4-1)37-19-27-41(28-20-37)49(42-29-21-38(22-30-42)36-13-5-2-6-14-36)43-31-23-39(24-32-43)40-25-33-44(34-26-40)50-47-17-9-7-15-45(47)46-16-8-10-18-48(46)50/h1,3,5,7-11,13-21,23-29,31-34H,2,4,6,12,22,30H2. The van der Waals surface area contributed by atoms with E-state index in [1.54, 1.807) is 0 Å². The van der Waals surface area contributed by atoms with Crippen molar-refractivity contribution >= 4 is 38.8 Å². The number of rotatable bonds is 7. The molecule has 0 spiro atoms. The van der Waals surface area contributed by atoms with Gasteiger partial charge in [0.2, 0.25) is 0 Å². The van der Waals surface area contributed by atoms with Crippen molar-refractivity contribution in [1.29, 1.82) is 0 Å². The summed E-state index contributed by atoms with van der Waals surface area (Å²) in [5, 5.41) is 2.57. The highest BCUT2D eigenvalue weighted by Crippen LogP contribution is 2.38. The van der Waals surface area contributed by atoms with Crippen LogP contribution in [0.15, 0.2) is 187 Å². The molecule has 0 N–H and O–H groups in total. The Morgan fingerprint density at radius 2 is 1.12 bits per heavy atom. The minimum atomic E-state index is 1.00. The largest absolute Gasteiger partial charge is 0.314 e. The van der Waals surface area contributed by atoms with Crippen molar-refractivity contribution in [3.8, 4) is 16.8 Å². The van der Waals surface area contributed by atoms with Crippen LogP contribution in [-0.4, -0.2) is 4.57 Å². The summed E-state index contributed by atoms with van der Waals surface area (Å²) in [6.45, 7) is 0. The van der Waals surface area contributed by atoms with Gasteiger partial charge in [0, 0.05) is 33.5 Å². The lowest BCUT2D eigenvalue weighted by Crippen LogP contribution is -2.18. The van der Waals surface area contributed by atoms with Crippen molar-refractivity contribution in [3.63, 3.8) is 0 Å². The zero-order valence-corrected chi connectivity index (χ0v) is 28.3. The first-order valence-electron chi connectivity index (χ1n) is 18.0. The SMILES string of the molecule is C1=CCCC(c2ccc(N(C3=CC=C(C4=CCCC=C4)CC3)c3ccc(-c4ccc(-n5c6ccccc6c6ccccc65)cc4)cc3)cc2)=C1. The molecule has 0 bridgehead atoms. The first kappa shape index (κ1) is 30.2. The number of hydrogen-bond acceptors (Lipinski definition) is 1. The monoisotopic (exact) mass is 644 g/mol. The summed E-state index contributed by atoms with van der Waals surface area (Å²) in [5.74, 6) is 0. The lowest BCUT2D eigenvalue weighted by molar-refractivity contribution is 0.878. The fraction of sp³-hybridized carbons (Fsp3) is 0.125. The highest BCUT2D eigenvalue weighted by atomic mass is 15.1. The van der Waals surface area contributed by atoms with Gasteiger partial charge in [0.25, 0.3) is 0 Å². The Bertz CT molecular complexity index is 2330. The van der Waals surface area contributed by atoms with Crippen LogP contribution in [0.2, 0.25) is 0 Å². The second-order valence-electron chi connectivity index (χ2n) is 13.5. The van der Waals surface area contributed by atoms with Gasteiger partial charge in [0.15, 0.2) is 0 Å². The van der Waals surface area contributed by atoms with Gasteiger partial charge in [-0.1, -0.05) is 115 Å². The van der Waals surface area contributed by atoms with E-state index in [9.17, 15) is 0 Å². The summed E-state index contributed by atoms with van der Waals surface area (Å²) in [6, 6.07) is 44.7. The molecule has 0 aliphatic heterocycles. The molecule has 0 radical (unpaired) electrons. The van der Waals surface area contributed by atoms with Crippen LogP contribution in [0, 0.1) is 0 Å². The van der Waals surface area contributed by atoms with Crippen molar-refractivity contribution in [3.05, 3.63) is 192 Å². The third-order valence-electron chi connectivity index (χ3n) is 10.5. The van der Waals surface area contributed by atoms with E-state index in [1.165, 1.54) is 78.0 Å². The van der Waals surface area contributed by atoms with Gasteiger partial charge in [0.1, 0.15) is 0 Å². The Kier molecular flexibility index (Phi) is 7.99. The number of benzene rings is 5. The highest BCUT2D eigenvalue weighted by molar-refractivity contribution is 6.09. The van der Waals surface area contributed by atoms with Crippen LogP contribution < -0.4 is 4.90 Å². The quantitative estimate of drug-likeness (QED) is 0.168. The van der Waals surface area contributed by atoms with Gasteiger partial charge >= 0.3 is 0 Å². The summed E-state index contributed by atoms with van der Waals surface area (Å²) in [6.07, 6.45) is 24.9. The second-order valence-corrected chi connectivity index (χ2v) is 13.5. The van der Waals surface area contributed by atoms with Crippen molar-refractivity contribution in [2.24, 2.45) is 0 Å². The summed E-state index contributed by atoms with van der Waals surface area (Å²) >= 11 is 0. The van der Waals surface area contributed by atoms with Crippen LogP contribution in [0.1, 0.15) is 44.1 Å². The number of fused-ring (bicyclic) bond motifs is 3. The Morgan fingerprint density at radius 3 is 1.70 bits per heavy atom. The molecule has 0 saturated carbocycles. The van der Waals surface area contributed by atoms with Crippen molar-refractivity contribution in [2.45, 2.75) is 38.5 Å². The topological polar surface area (TPSA) is 8.17 Å². The molecule has 50 heavy (non-hydrogen) atoms. The van der Waals surface area contributed by atoms with Gasteiger partial charge in [-0.05, 0) is 127 Å². The van der Waals surface area contributed by atoms with Gasteiger partial charge in [0.05, 0.1) is 11.0 Å². The Hall–Kier alpha value is -5.86. The molecule has 1 aromatic heterocycles. The van der Waals surface area contributed by atoms with Gasteiger partial charge in [-0.3, -0.25) is 0 Å². The third kappa shape index (κ3) is 5.67. The molecule has 2 heteroatoms. The van der Waals surface area contributed by atoms with Gasteiger partial charge in [-0.25, -0.2) is 0 Å². The van der Waals surface area contributed by atoms with E-state index in [1.807, 2.05) is 0 Å². The number of aromatic nitrogens is 1. The van der Waals surface area contributed by atoms with E-state index in [0.717, 1.165) is 38.5 Å². The summed E-state index contributed by atoms with van der Waals surface area (Å²) in [4.78, 5) is 2.45. The molecular formula is C48H40N2. The molecule has 0 fully saturated rings. The normalized spacial score (nSPS) is 15.8. The van der Waals surface area contributed by atoms with E-state index in [2.05, 4.69) is 179 Å². The van der Waals surface area contributed by atoms with E-state index in [-0.39, 0.29) is 0 Å². The molecule has 5 aromatic carbocycles. The van der Waals surface area contributed by atoms with Crippen LogP contribution in [-0.2, 0) is 0 Å². The molecule has 6 aromatic rings. The summed E-state index contributed by atoms with van der Waals surface area (Å²) in [5.41, 5.74) is 15.3. The van der Waals surface area contributed by atoms with E-state index < -0.39 is 0 Å². The predicted molar refractivity (Wildman–Crippen MR) is 213 cm³/mol. The fourth-order valence-corrected chi connectivity index (χ4v) is 7.86. The summed E-state index contributed by atoms with van der Waals surface area (Å²) < 4.78 is 2.38. The molecule has 3 aliphatic carbocycles. The van der Waals surface area contributed by atoms with E-state index in [4.69, 9.17) is 0 Å². The minimum Gasteiger partial charge on any atom is -0.314 e. The van der Waals surface area contributed by atoms with Gasteiger partial charge < -0.3 is 9.47 Å². The average molecular weight is 645 g/mol. The maximum Gasteiger partial charge on any atom is 0.0541 e. The lowest BCUT2D eigenvalue weighted by Gasteiger charge is -2.30. The van der Waals surface area contributed by atoms with Crippen LogP contribution in [0.25, 0.3) is 44.2 Å². The maximum atomic E-state index is 2.45. The van der Waals surface area contributed by atoms with Crippen molar-refractivity contribution in [2.75, 3.05) is 4.90 Å². The van der Waals surface area contributed by atoms with Crippen LogP contribution in [0.3, 0.4) is 0 Å². The first-order chi connectivity index (χ1) is 24.8. The predicted octanol–water partition coefficient (Wildman–Crippen LogP) is 13.2. The zero-order valence-electron chi connectivity index (χ0n) is 28.3. The molecule has 9 rings (SSSR count). The molecule has 0 saturated heterocycles. The molecular weight excluding hydrogens is 605 g/mol. The zero-order chi connectivity index (χ0) is 33.3. The molecule has 0 unspecified atom stereocenters. The van der Waals surface area contributed by atoms with Crippen molar-refractivity contribution in [1.82, 2.24) is 4.57 Å². The van der Waals surface area contributed by atoms with Crippen LogP contribution in [0.5, 0.6) is 0 Å². The van der Waals surface area contributed by atoms with E-state index in [0.29, 0.717) is 0 Å². The lowest BCUT2D eigenvalue weighted by atomic mass is 9.91. The van der Waals surface area contributed by atoms with Gasteiger partial charge in [-0.2, -0.15) is 0 Å². The smallest absolute Gasteiger partial charge is 0.0541 e. The molecule has 0 atom stereocenters. The van der Waals surface area contributed by atoms with Gasteiger partial charge in [-0.15, -0.1) is 0 Å². The van der Waals surface area contributed by atoms with Crippen molar-refractivity contribution < 1.29 is 0 Å². The highest BCUT2D eigenvalue weighted by Gasteiger charge is 2.19. The Balaban J connectivity index is 1.04. The number of para-hydroxylation sites is 2. The minimum absolute atomic E-state index is 1.00. The molecule has 2 nitrogen and oxygen atoms in total. The second kappa shape index (κ2) is 13.2. The number of allylic oxidation sites excluding steroid dienone is 12. The first-order valence-corrected chi connectivity index (χ1v) is 18.0. The van der Waals surface area contributed by atoms with Crippen LogP contribution >= 0.6 is 0 Å². The van der Waals surface area contributed by atoms with Crippen LogP contribution in [0.4, 0.5) is 11.4 Å². The van der Waals surface area contributed by atoms with E-state index >= 15 is 0 Å². The number of nitrogens with zero attached hydrogens (tertiary/aromatic N) is 2. The number of anilines is 2. The molecule has 1 heterocycles.